The topological polar surface area (TPSA) is 102 Å². The van der Waals surface area contributed by atoms with Crippen molar-refractivity contribution in [3.63, 3.8) is 0 Å². The number of carbonyl (C=O) groups is 3. The predicted octanol–water partition coefficient (Wildman–Crippen LogP) is 3.63. The van der Waals surface area contributed by atoms with Crippen LogP contribution in [0.5, 0.6) is 0 Å². The molecule has 38 heavy (non-hydrogen) atoms. The van der Waals surface area contributed by atoms with Crippen molar-refractivity contribution in [3.8, 4) is 0 Å². The van der Waals surface area contributed by atoms with E-state index in [1.807, 2.05) is 0 Å². The first-order valence-electron chi connectivity index (χ1n) is 13.0. The SMILES string of the molecule is NC(=O)C1(c2cccc(C(=O)N3[C@@H](C(=O)N[C@@H](c4cc(F)c(Cl)cc4F)C4COC4)C[C@H]4CC[C@H]43)c2)CC1. The van der Waals surface area contributed by atoms with Crippen LogP contribution in [0.1, 0.15) is 59.6 Å². The minimum absolute atomic E-state index is 0.00118. The minimum atomic E-state index is -0.827. The van der Waals surface area contributed by atoms with Gasteiger partial charge in [0, 0.05) is 23.1 Å². The monoisotopic (exact) mass is 543 g/mol. The number of ether oxygens (including phenoxy) is 1. The fourth-order valence-corrected chi connectivity index (χ4v) is 6.32. The lowest BCUT2D eigenvalue weighted by Crippen LogP contribution is -2.53. The Morgan fingerprint density at radius 3 is 2.47 bits per heavy atom. The first-order valence-corrected chi connectivity index (χ1v) is 13.3. The summed E-state index contributed by atoms with van der Waals surface area (Å²) in [4.78, 5) is 41.2. The molecule has 2 aromatic rings. The smallest absolute Gasteiger partial charge is 0.254 e. The fraction of sp³-hybridized carbons (Fsp3) is 0.464. The summed E-state index contributed by atoms with van der Waals surface area (Å²) in [6.45, 7) is 0.587. The highest BCUT2D eigenvalue weighted by Gasteiger charge is 2.53. The van der Waals surface area contributed by atoms with Gasteiger partial charge in [0.1, 0.15) is 17.7 Å². The van der Waals surface area contributed by atoms with E-state index in [2.05, 4.69) is 5.32 Å². The minimum Gasteiger partial charge on any atom is -0.381 e. The van der Waals surface area contributed by atoms with Crippen molar-refractivity contribution >= 4 is 29.3 Å². The average Bonchev–Trinajstić information content (AvgIpc) is 3.61. The van der Waals surface area contributed by atoms with Crippen molar-refractivity contribution in [1.29, 1.82) is 0 Å². The summed E-state index contributed by atoms with van der Waals surface area (Å²) in [5.41, 5.74) is 6.02. The molecule has 2 saturated carbocycles. The van der Waals surface area contributed by atoms with Crippen molar-refractivity contribution in [2.75, 3.05) is 13.2 Å². The Labute approximate surface area is 223 Å². The van der Waals surface area contributed by atoms with Crippen LogP contribution in [0.2, 0.25) is 5.02 Å². The first-order chi connectivity index (χ1) is 18.2. The Morgan fingerprint density at radius 1 is 1.11 bits per heavy atom. The molecule has 0 unspecified atom stereocenters. The number of nitrogens with two attached hydrogens (primary N) is 1. The Morgan fingerprint density at radius 2 is 1.87 bits per heavy atom. The van der Waals surface area contributed by atoms with E-state index < -0.39 is 40.9 Å². The van der Waals surface area contributed by atoms with E-state index in [1.54, 1.807) is 29.2 Å². The Kier molecular flexibility index (Phi) is 6.18. The van der Waals surface area contributed by atoms with Crippen molar-refractivity contribution < 1.29 is 27.9 Å². The summed E-state index contributed by atoms with van der Waals surface area (Å²) in [5, 5.41) is 2.57. The Balaban J connectivity index is 1.27. The molecule has 2 aromatic carbocycles. The van der Waals surface area contributed by atoms with Gasteiger partial charge in [-0.1, -0.05) is 23.7 Å². The van der Waals surface area contributed by atoms with E-state index in [9.17, 15) is 23.2 Å². The third-order valence-electron chi connectivity index (χ3n) is 8.83. The Hall–Kier alpha value is -3.04. The maximum atomic E-state index is 14.8. The lowest BCUT2D eigenvalue weighted by Gasteiger charge is -2.38. The third kappa shape index (κ3) is 4.07. The van der Waals surface area contributed by atoms with E-state index in [4.69, 9.17) is 22.1 Å². The number of carbonyl (C=O) groups excluding carboxylic acids is 3. The number of rotatable bonds is 7. The van der Waals surface area contributed by atoms with Gasteiger partial charge >= 0.3 is 0 Å². The van der Waals surface area contributed by atoms with Gasteiger partial charge in [0.05, 0.1) is 29.7 Å². The van der Waals surface area contributed by atoms with E-state index in [0.29, 0.717) is 43.6 Å². The molecule has 2 saturated heterocycles. The van der Waals surface area contributed by atoms with Crippen LogP contribution >= 0.6 is 11.6 Å². The van der Waals surface area contributed by atoms with Gasteiger partial charge in [-0.3, -0.25) is 14.4 Å². The Bertz CT molecular complexity index is 1330. The third-order valence-corrected chi connectivity index (χ3v) is 9.11. The maximum Gasteiger partial charge on any atom is 0.254 e. The van der Waals surface area contributed by atoms with Crippen LogP contribution in [-0.2, 0) is 19.7 Å². The van der Waals surface area contributed by atoms with E-state index in [1.165, 1.54) is 0 Å². The van der Waals surface area contributed by atoms with Crippen molar-refractivity contribution in [2.24, 2.45) is 17.6 Å². The van der Waals surface area contributed by atoms with Crippen molar-refractivity contribution in [3.05, 3.63) is 69.7 Å². The summed E-state index contributed by atoms with van der Waals surface area (Å²) < 4.78 is 34.4. The van der Waals surface area contributed by atoms with Crippen molar-refractivity contribution in [1.82, 2.24) is 10.2 Å². The van der Waals surface area contributed by atoms with Crippen LogP contribution in [-0.4, -0.2) is 47.9 Å². The van der Waals surface area contributed by atoms with Gasteiger partial charge in [-0.25, -0.2) is 8.78 Å². The number of fused-ring (bicyclic) bond motifs is 1. The molecule has 0 bridgehead atoms. The molecule has 4 atom stereocenters. The standard InChI is InChI=1S/C28H28ClF2N3O4/c29-19-11-20(30)18(10-21(19)31)24(16-12-38-13-16)33-25(35)23-9-14-4-5-22(14)34(23)26(36)15-2-1-3-17(8-15)28(6-7-28)27(32)37/h1-3,8,10-11,14,16,22-24H,4-7,9,12-13H2,(H2,32,37)(H,33,35)/t14-,22-,23-,24-/m1/s1. The summed E-state index contributed by atoms with van der Waals surface area (Å²) in [6.07, 6.45) is 3.50. The molecule has 0 aromatic heterocycles. The molecule has 3 N–H and O–H groups in total. The summed E-state index contributed by atoms with van der Waals surface area (Å²) in [5.74, 6) is -2.63. The van der Waals surface area contributed by atoms with Crippen molar-refractivity contribution in [2.45, 2.75) is 55.6 Å². The molecule has 4 fully saturated rings. The molecular formula is C28H28ClF2N3O4. The van der Waals surface area contributed by atoms with Crippen LogP contribution in [0.15, 0.2) is 36.4 Å². The molecule has 6 rings (SSSR count). The second-order valence-electron chi connectivity index (χ2n) is 11.0. The quantitative estimate of drug-likeness (QED) is 0.521. The normalized spacial score (nSPS) is 26.1. The van der Waals surface area contributed by atoms with Crippen LogP contribution < -0.4 is 11.1 Å². The molecule has 0 radical (unpaired) electrons. The van der Waals surface area contributed by atoms with E-state index in [-0.39, 0.29) is 34.4 Å². The molecule has 2 aliphatic carbocycles. The molecule has 10 heteroatoms. The number of likely N-dealkylation sites (tertiary alicyclic amines) is 1. The second-order valence-corrected chi connectivity index (χ2v) is 11.4. The highest BCUT2D eigenvalue weighted by molar-refractivity contribution is 6.30. The molecule has 2 heterocycles. The van der Waals surface area contributed by atoms with E-state index in [0.717, 1.165) is 25.0 Å². The molecule has 0 spiro atoms. The van der Waals surface area contributed by atoms with Gasteiger partial charge in [-0.15, -0.1) is 0 Å². The lowest BCUT2D eigenvalue weighted by atomic mass is 9.80. The average molecular weight is 544 g/mol. The molecule has 2 aliphatic heterocycles. The fourth-order valence-electron chi connectivity index (χ4n) is 6.17. The summed E-state index contributed by atoms with van der Waals surface area (Å²) in [6, 6.07) is 7.21. The molecule has 4 aliphatic rings. The van der Waals surface area contributed by atoms with Gasteiger partial charge in [0.25, 0.3) is 5.91 Å². The number of benzene rings is 2. The summed E-state index contributed by atoms with van der Waals surface area (Å²) >= 11 is 5.74. The van der Waals surface area contributed by atoms with Gasteiger partial charge < -0.3 is 20.7 Å². The van der Waals surface area contributed by atoms with Gasteiger partial charge in [0.2, 0.25) is 11.8 Å². The highest BCUT2D eigenvalue weighted by Crippen LogP contribution is 2.49. The number of primary amides is 1. The second kappa shape index (κ2) is 9.31. The van der Waals surface area contributed by atoms with Gasteiger partial charge in [0.15, 0.2) is 0 Å². The predicted molar refractivity (Wildman–Crippen MR) is 134 cm³/mol. The number of hydrogen-bond acceptors (Lipinski definition) is 4. The highest BCUT2D eigenvalue weighted by atomic mass is 35.5. The zero-order valence-electron chi connectivity index (χ0n) is 20.6. The van der Waals surface area contributed by atoms with Crippen LogP contribution in [0.3, 0.4) is 0 Å². The largest absolute Gasteiger partial charge is 0.381 e. The van der Waals surface area contributed by atoms with Gasteiger partial charge in [-0.2, -0.15) is 0 Å². The van der Waals surface area contributed by atoms with Crippen LogP contribution in [0.4, 0.5) is 8.78 Å². The lowest BCUT2D eigenvalue weighted by molar-refractivity contribution is -0.128. The number of nitrogens with one attached hydrogen (secondary N) is 1. The molecule has 200 valence electrons. The van der Waals surface area contributed by atoms with E-state index >= 15 is 0 Å². The first kappa shape index (κ1) is 25.2. The van der Waals surface area contributed by atoms with Crippen LogP contribution in [0, 0.1) is 23.5 Å². The molecular weight excluding hydrogens is 516 g/mol. The molecule has 7 nitrogen and oxygen atoms in total. The zero-order chi connectivity index (χ0) is 26.8. The number of amides is 3. The van der Waals surface area contributed by atoms with Gasteiger partial charge in [-0.05, 0) is 67.9 Å². The number of hydrogen-bond donors (Lipinski definition) is 2. The number of nitrogens with zero attached hydrogens (tertiary/aromatic N) is 1. The summed E-state index contributed by atoms with van der Waals surface area (Å²) in [7, 11) is 0. The maximum absolute atomic E-state index is 14.8. The zero-order valence-corrected chi connectivity index (χ0v) is 21.3. The number of halogens is 3. The molecule has 3 amide bonds. The van der Waals surface area contributed by atoms with Crippen LogP contribution in [0.25, 0.3) is 0 Å².